The number of benzene rings is 7. The van der Waals surface area contributed by atoms with E-state index in [0.717, 1.165) is 28.3 Å². The summed E-state index contributed by atoms with van der Waals surface area (Å²) in [4.78, 5) is 5.22. The Hall–Kier alpha value is -6.43. The summed E-state index contributed by atoms with van der Waals surface area (Å²) in [6.07, 6.45) is -0.336. The number of hydrogen-bond donors (Lipinski definition) is 2. The van der Waals surface area contributed by atoms with E-state index >= 15 is 0 Å². The molecule has 2 aromatic heterocycles. The van der Waals surface area contributed by atoms with Crippen LogP contribution in [0.4, 0.5) is 0 Å². The molecule has 9 aromatic rings. The van der Waals surface area contributed by atoms with Crippen LogP contribution in [0.5, 0.6) is 0 Å². The third-order valence-electron chi connectivity index (χ3n) is 9.98. The molecule has 5 nitrogen and oxygen atoms in total. The standard InChI is InChI=1S/C45H33N5/c1-3-14-30(15-4-1)43-46-44(31-16-5-2-6-17-31)48-45(47-43)32-18-13-19-33(28-32)49-41-25-12-9-22-37(41)38-29-34(26-27-42(38)49)50-39-23-10-7-20-35(39)36-21-8-11-24-40(36)50/h1-29,43,45,47H,(H,46,48). The molecule has 3 heterocycles. The second kappa shape index (κ2) is 11.6. The number of amidine groups is 1. The van der Waals surface area contributed by atoms with Crippen molar-refractivity contribution in [3.63, 3.8) is 0 Å². The number of fused-ring (bicyclic) bond motifs is 6. The maximum atomic E-state index is 5.22. The van der Waals surface area contributed by atoms with Gasteiger partial charge in [-0.3, -0.25) is 5.32 Å². The Labute approximate surface area is 289 Å². The van der Waals surface area contributed by atoms with Gasteiger partial charge < -0.3 is 14.5 Å². The van der Waals surface area contributed by atoms with Crippen LogP contribution in [-0.2, 0) is 0 Å². The zero-order valence-corrected chi connectivity index (χ0v) is 27.2. The highest BCUT2D eigenvalue weighted by Crippen LogP contribution is 2.37. The van der Waals surface area contributed by atoms with Crippen LogP contribution in [0.15, 0.2) is 181 Å². The SMILES string of the molecule is c1ccc(C2=NC(c3cccc(-n4c5ccccc5c5cc(-n6c7ccccc7c7ccccc76)ccc54)c3)NC(c3ccccc3)N2)cc1. The molecule has 0 bridgehead atoms. The van der Waals surface area contributed by atoms with Gasteiger partial charge in [0, 0.05) is 38.5 Å². The number of nitrogens with zero attached hydrogens (tertiary/aromatic N) is 3. The second-order valence-electron chi connectivity index (χ2n) is 12.9. The Kier molecular flexibility index (Phi) is 6.64. The van der Waals surface area contributed by atoms with Gasteiger partial charge in [0.05, 0.1) is 22.1 Å². The minimum atomic E-state index is -0.244. The molecule has 0 radical (unpaired) electrons. The van der Waals surface area contributed by atoms with Crippen molar-refractivity contribution in [3.8, 4) is 11.4 Å². The smallest absolute Gasteiger partial charge is 0.131 e. The normalized spacial score (nSPS) is 16.2. The molecule has 0 saturated heterocycles. The van der Waals surface area contributed by atoms with Gasteiger partial charge in [-0.15, -0.1) is 0 Å². The summed E-state index contributed by atoms with van der Waals surface area (Å²) in [5, 5.41) is 12.4. The van der Waals surface area contributed by atoms with E-state index in [0.29, 0.717) is 0 Å². The van der Waals surface area contributed by atoms with Gasteiger partial charge in [0.15, 0.2) is 0 Å². The molecule has 0 aliphatic carbocycles. The van der Waals surface area contributed by atoms with E-state index in [1.54, 1.807) is 0 Å². The lowest BCUT2D eigenvalue weighted by molar-refractivity contribution is 0.409. The van der Waals surface area contributed by atoms with E-state index < -0.39 is 0 Å². The monoisotopic (exact) mass is 643 g/mol. The largest absolute Gasteiger partial charge is 0.350 e. The topological polar surface area (TPSA) is 46.3 Å². The van der Waals surface area contributed by atoms with Gasteiger partial charge in [0.1, 0.15) is 18.2 Å². The molecule has 7 aromatic carbocycles. The summed E-state index contributed by atoms with van der Waals surface area (Å²) in [6, 6.07) is 62.7. The summed E-state index contributed by atoms with van der Waals surface area (Å²) in [6.45, 7) is 0. The fourth-order valence-corrected chi connectivity index (χ4v) is 7.70. The van der Waals surface area contributed by atoms with Crippen LogP contribution in [0.1, 0.15) is 29.0 Å². The molecule has 238 valence electrons. The van der Waals surface area contributed by atoms with Crippen LogP contribution in [-0.4, -0.2) is 15.0 Å². The molecule has 2 atom stereocenters. The molecule has 5 heteroatoms. The lowest BCUT2D eigenvalue weighted by atomic mass is 10.1. The van der Waals surface area contributed by atoms with E-state index in [2.05, 4.69) is 190 Å². The molecular formula is C45H33N5. The van der Waals surface area contributed by atoms with E-state index in [9.17, 15) is 0 Å². The Morgan fingerprint density at radius 2 is 0.940 bits per heavy atom. The van der Waals surface area contributed by atoms with Crippen molar-refractivity contribution in [2.45, 2.75) is 12.3 Å². The molecule has 1 aliphatic heterocycles. The van der Waals surface area contributed by atoms with Crippen LogP contribution < -0.4 is 10.6 Å². The summed E-state index contributed by atoms with van der Waals surface area (Å²) in [5.74, 6) is 0.878. The number of rotatable bonds is 5. The molecule has 0 spiro atoms. The highest BCUT2D eigenvalue weighted by atomic mass is 15.3. The van der Waals surface area contributed by atoms with Crippen LogP contribution in [0.3, 0.4) is 0 Å². The zero-order chi connectivity index (χ0) is 33.0. The molecule has 1 aliphatic rings. The summed E-state index contributed by atoms with van der Waals surface area (Å²) in [5.41, 5.74) is 10.4. The Morgan fingerprint density at radius 1 is 0.420 bits per heavy atom. The molecule has 2 N–H and O–H groups in total. The van der Waals surface area contributed by atoms with Crippen LogP contribution >= 0.6 is 0 Å². The average Bonchev–Trinajstić information content (AvgIpc) is 3.71. The fraction of sp³-hybridized carbons (Fsp3) is 0.0444. The van der Waals surface area contributed by atoms with E-state index in [1.807, 2.05) is 6.07 Å². The first-order valence-electron chi connectivity index (χ1n) is 17.1. The van der Waals surface area contributed by atoms with Crippen LogP contribution in [0.2, 0.25) is 0 Å². The van der Waals surface area contributed by atoms with E-state index in [4.69, 9.17) is 4.99 Å². The molecule has 10 rings (SSSR count). The van der Waals surface area contributed by atoms with Crippen molar-refractivity contribution >= 4 is 49.4 Å². The number of hydrogen-bond acceptors (Lipinski definition) is 3. The van der Waals surface area contributed by atoms with Crippen molar-refractivity contribution in [2.24, 2.45) is 4.99 Å². The third-order valence-corrected chi connectivity index (χ3v) is 9.98. The van der Waals surface area contributed by atoms with Crippen molar-refractivity contribution in [1.29, 1.82) is 0 Å². The summed E-state index contributed by atoms with van der Waals surface area (Å²) >= 11 is 0. The number of aliphatic imine (C=N–C) groups is 1. The van der Waals surface area contributed by atoms with Gasteiger partial charge >= 0.3 is 0 Å². The third kappa shape index (κ3) is 4.63. The lowest BCUT2D eigenvalue weighted by Gasteiger charge is -2.32. The minimum absolute atomic E-state index is 0.0925. The predicted molar refractivity (Wildman–Crippen MR) is 206 cm³/mol. The number of para-hydroxylation sites is 3. The molecule has 50 heavy (non-hydrogen) atoms. The minimum Gasteiger partial charge on any atom is -0.350 e. The molecule has 0 amide bonds. The van der Waals surface area contributed by atoms with Crippen molar-refractivity contribution in [3.05, 3.63) is 193 Å². The first-order valence-corrected chi connectivity index (χ1v) is 17.1. The van der Waals surface area contributed by atoms with Crippen molar-refractivity contribution in [2.75, 3.05) is 0 Å². The highest BCUT2D eigenvalue weighted by Gasteiger charge is 2.26. The quantitative estimate of drug-likeness (QED) is 0.196. The Bertz CT molecular complexity index is 2670. The number of aromatic nitrogens is 2. The van der Waals surface area contributed by atoms with Crippen LogP contribution in [0.25, 0.3) is 55.0 Å². The molecule has 0 fully saturated rings. The molecule has 0 saturated carbocycles. The van der Waals surface area contributed by atoms with Gasteiger partial charge in [-0.05, 0) is 59.7 Å². The first kappa shape index (κ1) is 28.6. The van der Waals surface area contributed by atoms with Gasteiger partial charge in [-0.2, -0.15) is 0 Å². The van der Waals surface area contributed by atoms with Crippen molar-refractivity contribution < 1.29 is 0 Å². The Morgan fingerprint density at radius 3 is 1.60 bits per heavy atom. The lowest BCUT2D eigenvalue weighted by Crippen LogP contribution is -2.44. The summed E-state index contributed by atoms with van der Waals surface area (Å²) in [7, 11) is 0. The maximum absolute atomic E-state index is 5.22. The molecular weight excluding hydrogens is 611 g/mol. The van der Waals surface area contributed by atoms with Crippen LogP contribution in [0, 0.1) is 0 Å². The zero-order valence-electron chi connectivity index (χ0n) is 27.2. The number of nitrogens with one attached hydrogen (secondary N) is 2. The maximum Gasteiger partial charge on any atom is 0.131 e. The van der Waals surface area contributed by atoms with E-state index in [1.165, 1.54) is 49.2 Å². The highest BCUT2D eigenvalue weighted by molar-refractivity contribution is 6.12. The van der Waals surface area contributed by atoms with Gasteiger partial charge in [-0.1, -0.05) is 127 Å². The van der Waals surface area contributed by atoms with Gasteiger partial charge in [0.25, 0.3) is 0 Å². The first-order chi connectivity index (χ1) is 24.8. The Balaban J connectivity index is 1.12. The predicted octanol–water partition coefficient (Wildman–Crippen LogP) is 10.2. The summed E-state index contributed by atoms with van der Waals surface area (Å²) < 4.78 is 4.78. The van der Waals surface area contributed by atoms with Crippen molar-refractivity contribution in [1.82, 2.24) is 19.8 Å². The average molecular weight is 644 g/mol. The second-order valence-corrected chi connectivity index (χ2v) is 12.9. The molecule has 2 unspecified atom stereocenters. The van der Waals surface area contributed by atoms with E-state index in [-0.39, 0.29) is 12.3 Å². The van der Waals surface area contributed by atoms with Gasteiger partial charge in [0.2, 0.25) is 0 Å². The fourth-order valence-electron chi connectivity index (χ4n) is 7.70. The van der Waals surface area contributed by atoms with Gasteiger partial charge in [-0.25, -0.2) is 4.99 Å².